The summed E-state index contributed by atoms with van der Waals surface area (Å²) in [4.78, 5) is 65.5. The molecule has 0 spiro atoms. The Bertz CT molecular complexity index is 1450. The second-order valence-corrected chi connectivity index (χ2v) is 10.2. The maximum Gasteiger partial charge on any atom is 0.328 e. The zero-order valence-electron chi connectivity index (χ0n) is 23.3. The second kappa shape index (κ2) is 14.8. The number of aromatic hydroxyl groups is 1. The minimum Gasteiger partial charge on any atom is -0.508 e. The number of para-hydroxylation sites is 1. The van der Waals surface area contributed by atoms with Crippen molar-refractivity contribution in [3.8, 4) is 5.75 Å². The molecule has 10 N–H and O–H groups in total. The molecule has 3 aromatic rings. The van der Waals surface area contributed by atoms with E-state index >= 15 is 0 Å². The lowest BCUT2D eigenvalue weighted by Crippen LogP contribution is -2.58. The molecule has 0 bridgehead atoms. The molecular weight excluding hydrogens is 562 g/mol. The molecule has 1 aromatic heterocycles. The summed E-state index contributed by atoms with van der Waals surface area (Å²) in [6, 6.07) is 7.78. The Labute approximate surface area is 246 Å². The van der Waals surface area contributed by atoms with Gasteiger partial charge in [-0.25, -0.2) is 4.79 Å². The van der Waals surface area contributed by atoms with Crippen LogP contribution in [0.25, 0.3) is 10.9 Å². The minimum atomic E-state index is -1.71. The van der Waals surface area contributed by atoms with Gasteiger partial charge >= 0.3 is 11.9 Å². The average Bonchev–Trinajstić information content (AvgIpc) is 3.36. The highest BCUT2D eigenvalue weighted by atomic mass is 16.4. The lowest BCUT2D eigenvalue weighted by Gasteiger charge is -2.25. The molecule has 0 aliphatic rings. The van der Waals surface area contributed by atoms with Gasteiger partial charge in [0.15, 0.2) is 6.04 Å². The smallest absolute Gasteiger partial charge is 0.328 e. The first-order valence-electron chi connectivity index (χ1n) is 13.5. The number of carbonyl (C=O) groups is 5. The first-order chi connectivity index (χ1) is 20.3. The number of nitrogens with one attached hydrogen (secondary N) is 4. The van der Waals surface area contributed by atoms with E-state index < -0.39 is 72.8 Å². The number of carbonyl (C=O) groups excluding carboxylic acids is 3. The van der Waals surface area contributed by atoms with Crippen molar-refractivity contribution in [3.05, 3.63) is 65.9 Å². The Kier molecular flexibility index (Phi) is 11.2. The number of amides is 3. The Balaban J connectivity index is 1.85. The average molecular weight is 598 g/mol. The lowest BCUT2D eigenvalue weighted by molar-refractivity contribution is -0.145. The summed E-state index contributed by atoms with van der Waals surface area (Å²) >= 11 is 0. The number of aromatic nitrogens is 1. The number of nitrogens with two attached hydrogens (primary N) is 1. The zero-order chi connectivity index (χ0) is 31.7. The fourth-order valence-electron chi connectivity index (χ4n) is 4.44. The van der Waals surface area contributed by atoms with Crippen molar-refractivity contribution in [2.24, 2.45) is 5.73 Å². The number of rotatable bonds is 15. The normalized spacial score (nSPS) is 14.6. The summed E-state index contributed by atoms with van der Waals surface area (Å²) < 4.78 is 0. The van der Waals surface area contributed by atoms with Crippen molar-refractivity contribution in [2.75, 3.05) is 0 Å². The quantitative estimate of drug-likeness (QED) is 0.111. The molecular formula is C29H35N5O9. The largest absolute Gasteiger partial charge is 0.508 e. The summed E-state index contributed by atoms with van der Waals surface area (Å²) in [6.45, 7) is 1.15. The third-order valence-corrected chi connectivity index (χ3v) is 6.79. The number of fused-ring (bicyclic) bond motifs is 1. The monoisotopic (exact) mass is 597 g/mol. The van der Waals surface area contributed by atoms with Crippen LogP contribution in [-0.2, 0) is 36.8 Å². The van der Waals surface area contributed by atoms with Gasteiger partial charge in [-0.15, -0.1) is 0 Å². The van der Waals surface area contributed by atoms with Crippen LogP contribution in [0.3, 0.4) is 0 Å². The van der Waals surface area contributed by atoms with E-state index in [9.17, 15) is 39.3 Å². The third kappa shape index (κ3) is 9.28. The standard InChI is InChI=1S/C29H35N5O9/c1-15(35)25(29(42)43)34-27(40)22(10-11-24(37)38)32-28(41)23(13-17-14-31-21-5-3-2-4-19(17)21)33-26(39)20(30)12-16-6-8-18(36)9-7-16/h2-9,14-15,20,22-23,25,31,35-36H,10-13,30H2,1H3,(H,32,41)(H,33,39)(H,34,40)(H,37,38)(H,42,43). The van der Waals surface area contributed by atoms with Crippen LogP contribution >= 0.6 is 0 Å². The first kappa shape index (κ1) is 32.6. The number of aliphatic hydroxyl groups excluding tert-OH is 1. The number of carboxylic acid groups (broad SMARTS) is 2. The highest BCUT2D eigenvalue weighted by Crippen LogP contribution is 2.19. The molecule has 0 fully saturated rings. The number of carboxylic acids is 2. The van der Waals surface area contributed by atoms with Gasteiger partial charge in [0.1, 0.15) is 17.8 Å². The van der Waals surface area contributed by atoms with E-state index in [1.54, 1.807) is 24.4 Å². The van der Waals surface area contributed by atoms with E-state index in [4.69, 9.17) is 10.8 Å². The Morgan fingerprint density at radius 3 is 2.12 bits per heavy atom. The van der Waals surface area contributed by atoms with Gasteiger partial charge in [-0.1, -0.05) is 30.3 Å². The predicted molar refractivity (Wildman–Crippen MR) is 154 cm³/mol. The van der Waals surface area contributed by atoms with Crippen LogP contribution in [-0.4, -0.2) is 85.3 Å². The van der Waals surface area contributed by atoms with Gasteiger partial charge in [-0.05, 0) is 49.1 Å². The number of hydrogen-bond acceptors (Lipinski definition) is 8. The highest BCUT2D eigenvalue weighted by Gasteiger charge is 2.32. The van der Waals surface area contributed by atoms with Gasteiger partial charge in [0.25, 0.3) is 0 Å². The molecule has 5 unspecified atom stereocenters. The Morgan fingerprint density at radius 2 is 1.49 bits per heavy atom. The molecule has 0 radical (unpaired) electrons. The van der Waals surface area contributed by atoms with Crippen molar-refractivity contribution >= 4 is 40.6 Å². The van der Waals surface area contributed by atoms with Crippen LogP contribution in [0.1, 0.15) is 30.9 Å². The van der Waals surface area contributed by atoms with Crippen LogP contribution in [0.15, 0.2) is 54.7 Å². The summed E-state index contributed by atoms with van der Waals surface area (Å²) in [5, 5.41) is 45.7. The van der Waals surface area contributed by atoms with Crippen LogP contribution in [0.4, 0.5) is 0 Å². The van der Waals surface area contributed by atoms with E-state index in [-0.39, 0.29) is 18.6 Å². The number of phenolic OH excluding ortho intramolecular Hbond substituents is 1. The summed E-state index contributed by atoms with van der Waals surface area (Å²) in [5.41, 5.74) is 8.23. The molecule has 43 heavy (non-hydrogen) atoms. The number of H-pyrrole nitrogens is 1. The van der Waals surface area contributed by atoms with Crippen molar-refractivity contribution < 1.29 is 44.4 Å². The molecule has 230 valence electrons. The zero-order valence-corrected chi connectivity index (χ0v) is 23.3. The van der Waals surface area contributed by atoms with Gasteiger partial charge in [-0.2, -0.15) is 0 Å². The van der Waals surface area contributed by atoms with Gasteiger partial charge < -0.3 is 47.1 Å². The first-order valence-corrected chi connectivity index (χ1v) is 13.5. The van der Waals surface area contributed by atoms with Crippen molar-refractivity contribution in [1.29, 1.82) is 0 Å². The van der Waals surface area contributed by atoms with E-state index in [1.165, 1.54) is 12.1 Å². The van der Waals surface area contributed by atoms with E-state index in [2.05, 4.69) is 20.9 Å². The van der Waals surface area contributed by atoms with Gasteiger partial charge in [0.05, 0.1) is 12.1 Å². The number of aromatic amines is 1. The molecule has 0 aliphatic carbocycles. The SMILES string of the molecule is CC(O)C(NC(=O)C(CCC(=O)O)NC(=O)C(Cc1c[nH]c2ccccc12)NC(=O)C(N)Cc1ccc(O)cc1)C(=O)O. The van der Waals surface area contributed by atoms with Gasteiger partial charge in [0, 0.05) is 29.9 Å². The van der Waals surface area contributed by atoms with Gasteiger partial charge in [0.2, 0.25) is 17.7 Å². The predicted octanol–water partition coefficient (Wildman–Crippen LogP) is -0.229. The molecule has 0 saturated carbocycles. The Hall–Kier alpha value is -4.95. The third-order valence-electron chi connectivity index (χ3n) is 6.79. The number of phenols is 1. The molecule has 14 nitrogen and oxygen atoms in total. The molecule has 2 aromatic carbocycles. The molecule has 3 rings (SSSR count). The second-order valence-electron chi connectivity index (χ2n) is 10.2. The molecule has 3 amide bonds. The number of aliphatic carboxylic acids is 2. The van der Waals surface area contributed by atoms with Crippen molar-refractivity contribution in [1.82, 2.24) is 20.9 Å². The lowest BCUT2D eigenvalue weighted by atomic mass is 10.0. The van der Waals surface area contributed by atoms with E-state index in [0.29, 0.717) is 11.1 Å². The van der Waals surface area contributed by atoms with E-state index in [1.807, 2.05) is 18.2 Å². The molecule has 1 heterocycles. The summed E-state index contributed by atoms with van der Waals surface area (Å²) in [6.07, 6.45) is -0.697. The number of benzene rings is 2. The maximum atomic E-state index is 13.6. The topological polar surface area (TPSA) is 244 Å². The van der Waals surface area contributed by atoms with Crippen LogP contribution in [0, 0.1) is 0 Å². The highest BCUT2D eigenvalue weighted by molar-refractivity contribution is 5.95. The fourth-order valence-corrected chi connectivity index (χ4v) is 4.44. The molecule has 0 aliphatic heterocycles. The molecule has 0 saturated heterocycles. The van der Waals surface area contributed by atoms with Crippen LogP contribution < -0.4 is 21.7 Å². The van der Waals surface area contributed by atoms with E-state index in [0.717, 1.165) is 17.8 Å². The van der Waals surface area contributed by atoms with Crippen molar-refractivity contribution in [2.45, 2.75) is 62.9 Å². The number of aliphatic hydroxyl groups is 1. The maximum absolute atomic E-state index is 13.6. The molecule has 5 atom stereocenters. The molecule has 14 heteroatoms. The number of hydrogen-bond donors (Lipinski definition) is 9. The Morgan fingerprint density at radius 1 is 0.860 bits per heavy atom. The summed E-state index contributed by atoms with van der Waals surface area (Å²) in [7, 11) is 0. The van der Waals surface area contributed by atoms with Crippen molar-refractivity contribution in [3.63, 3.8) is 0 Å². The summed E-state index contributed by atoms with van der Waals surface area (Å²) in [5.74, 6) is -5.30. The van der Waals surface area contributed by atoms with Crippen LogP contribution in [0.5, 0.6) is 5.75 Å². The fraction of sp³-hybridized carbons (Fsp3) is 0.345. The van der Waals surface area contributed by atoms with Gasteiger partial charge in [-0.3, -0.25) is 19.2 Å². The van der Waals surface area contributed by atoms with Crippen LogP contribution in [0.2, 0.25) is 0 Å². The minimum absolute atomic E-state index is 0.0355.